The van der Waals surface area contributed by atoms with E-state index >= 15 is 0 Å². The Morgan fingerprint density at radius 1 is 1.30 bits per heavy atom. The summed E-state index contributed by atoms with van der Waals surface area (Å²) in [6.07, 6.45) is 1.43. The molecule has 0 spiro atoms. The van der Waals surface area contributed by atoms with Crippen molar-refractivity contribution in [3.05, 3.63) is 63.8 Å². The molecule has 0 aliphatic heterocycles. The molecule has 0 aliphatic carbocycles. The molecule has 2 rings (SSSR count). The average Bonchev–Trinajstić information content (AvgIpc) is 2.43. The molecule has 0 N–H and O–H groups in total. The summed E-state index contributed by atoms with van der Waals surface area (Å²) < 4.78 is 26.0. The fraction of sp³-hybridized carbons (Fsp3) is 0.154. The van der Waals surface area contributed by atoms with Gasteiger partial charge in [-0.2, -0.15) is 0 Å². The number of benzene rings is 1. The third kappa shape index (κ3) is 2.87. The molecule has 5 nitrogen and oxygen atoms in total. The van der Waals surface area contributed by atoms with Gasteiger partial charge in [-0.3, -0.25) is 10.1 Å². The normalized spacial score (nSPS) is 10.3. The van der Waals surface area contributed by atoms with Crippen LogP contribution in [0.25, 0.3) is 0 Å². The van der Waals surface area contributed by atoms with Gasteiger partial charge in [0, 0.05) is 25.9 Å². The SMILES string of the molecule is CN(Cc1ccc(F)c(F)c1)c1ncccc1[N+](=O)[O-]. The second kappa shape index (κ2) is 5.60. The summed E-state index contributed by atoms with van der Waals surface area (Å²) in [5, 5.41) is 10.9. The lowest BCUT2D eigenvalue weighted by Gasteiger charge is -2.17. The number of hydrogen-bond acceptors (Lipinski definition) is 4. The highest BCUT2D eigenvalue weighted by Gasteiger charge is 2.18. The molecular weight excluding hydrogens is 268 g/mol. The first kappa shape index (κ1) is 13.9. The van der Waals surface area contributed by atoms with Gasteiger partial charge >= 0.3 is 5.69 Å². The number of nitro groups is 1. The monoisotopic (exact) mass is 279 g/mol. The summed E-state index contributed by atoms with van der Waals surface area (Å²) in [7, 11) is 1.59. The van der Waals surface area contributed by atoms with Crippen LogP contribution in [0, 0.1) is 21.7 Å². The van der Waals surface area contributed by atoms with E-state index in [1.165, 1.54) is 29.3 Å². The van der Waals surface area contributed by atoms with Crippen LogP contribution >= 0.6 is 0 Å². The number of pyridine rings is 1. The maximum atomic E-state index is 13.1. The van der Waals surface area contributed by atoms with Gasteiger partial charge in [-0.05, 0) is 23.8 Å². The largest absolute Gasteiger partial charge is 0.350 e. The summed E-state index contributed by atoms with van der Waals surface area (Å²) in [4.78, 5) is 15.8. The number of nitrogens with zero attached hydrogens (tertiary/aromatic N) is 3. The third-order valence-electron chi connectivity index (χ3n) is 2.73. The van der Waals surface area contributed by atoms with Crippen LogP contribution in [0.2, 0.25) is 0 Å². The highest BCUT2D eigenvalue weighted by Crippen LogP contribution is 2.25. The summed E-state index contributed by atoms with van der Waals surface area (Å²) in [6.45, 7) is 0.176. The molecule has 0 amide bonds. The standard InChI is InChI=1S/C13H11F2N3O2/c1-17(8-9-4-5-10(14)11(15)7-9)13-12(18(19)20)3-2-6-16-13/h2-7H,8H2,1H3. The van der Waals surface area contributed by atoms with E-state index in [0.717, 1.165) is 12.1 Å². The molecule has 0 radical (unpaired) electrons. The number of hydrogen-bond donors (Lipinski definition) is 0. The van der Waals surface area contributed by atoms with Crippen molar-refractivity contribution in [3.8, 4) is 0 Å². The fourth-order valence-electron chi connectivity index (χ4n) is 1.81. The van der Waals surface area contributed by atoms with E-state index in [1.54, 1.807) is 7.05 Å². The van der Waals surface area contributed by atoms with Crippen LogP contribution in [-0.2, 0) is 6.54 Å². The molecule has 0 bridgehead atoms. The Morgan fingerprint density at radius 3 is 2.70 bits per heavy atom. The van der Waals surface area contributed by atoms with E-state index in [4.69, 9.17) is 0 Å². The van der Waals surface area contributed by atoms with Crippen LogP contribution in [-0.4, -0.2) is 17.0 Å². The smallest absolute Gasteiger partial charge is 0.311 e. The predicted octanol–water partition coefficient (Wildman–Crippen LogP) is 2.90. The fourth-order valence-corrected chi connectivity index (χ4v) is 1.81. The van der Waals surface area contributed by atoms with Crippen molar-refractivity contribution in [2.24, 2.45) is 0 Å². The van der Waals surface area contributed by atoms with Gasteiger partial charge in [-0.15, -0.1) is 0 Å². The van der Waals surface area contributed by atoms with Crippen LogP contribution < -0.4 is 4.90 Å². The van der Waals surface area contributed by atoms with Crippen molar-refractivity contribution >= 4 is 11.5 Å². The third-order valence-corrected chi connectivity index (χ3v) is 2.73. The van der Waals surface area contributed by atoms with Crippen LogP contribution in [0.4, 0.5) is 20.3 Å². The maximum Gasteiger partial charge on any atom is 0.311 e. The molecule has 0 saturated carbocycles. The predicted molar refractivity (Wildman–Crippen MR) is 69.4 cm³/mol. The first-order chi connectivity index (χ1) is 9.49. The molecule has 0 atom stereocenters. The van der Waals surface area contributed by atoms with Gasteiger partial charge in [0.1, 0.15) is 0 Å². The van der Waals surface area contributed by atoms with Crippen LogP contribution in [0.3, 0.4) is 0 Å². The van der Waals surface area contributed by atoms with Crippen molar-refractivity contribution in [1.29, 1.82) is 0 Å². The van der Waals surface area contributed by atoms with Crippen LogP contribution in [0.5, 0.6) is 0 Å². The van der Waals surface area contributed by atoms with E-state index in [0.29, 0.717) is 5.56 Å². The highest BCUT2D eigenvalue weighted by molar-refractivity contribution is 5.56. The lowest BCUT2D eigenvalue weighted by atomic mass is 10.2. The molecule has 1 aromatic heterocycles. The highest BCUT2D eigenvalue weighted by atomic mass is 19.2. The second-order valence-corrected chi connectivity index (χ2v) is 4.21. The molecule has 0 unspecified atom stereocenters. The Balaban J connectivity index is 2.26. The molecule has 20 heavy (non-hydrogen) atoms. The first-order valence-corrected chi connectivity index (χ1v) is 5.73. The summed E-state index contributed by atoms with van der Waals surface area (Å²) >= 11 is 0. The summed E-state index contributed by atoms with van der Waals surface area (Å²) in [6, 6.07) is 6.30. The Bertz CT molecular complexity index is 649. The maximum absolute atomic E-state index is 13.1. The number of rotatable bonds is 4. The van der Waals surface area contributed by atoms with Gasteiger partial charge < -0.3 is 4.90 Å². The van der Waals surface area contributed by atoms with Crippen molar-refractivity contribution in [2.45, 2.75) is 6.54 Å². The van der Waals surface area contributed by atoms with Crippen LogP contribution in [0.1, 0.15) is 5.56 Å². The van der Waals surface area contributed by atoms with Crippen molar-refractivity contribution in [1.82, 2.24) is 4.98 Å². The first-order valence-electron chi connectivity index (χ1n) is 5.73. The Kier molecular flexibility index (Phi) is 3.88. The second-order valence-electron chi connectivity index (χ2n) is 4.21. The lowest BCUT2D eigenvalue weighted by molar-refractivity contribution is -0.384. The Morgan fingerprint density at radius 2 is 2.05 bits per heavy atom. The molecule has 7 heteroatoms. The zero-order valence-corrected chi connectivity index (χ0v) is 10.6. The minimum absolute atomic E-state index is 0.141. The molecular formula is C13H11F2N3O2. The van der Waals surface area contributed by atoms with Gasteiger partial charge in [0.25, 0.3) is 0 Å². The Hall–Kier alpha value is -2.57. The van der Waals surface area contributed by atoms with Gasteiger partial charge in [0.15, 0.2) is 11.6 Å². The number of halogens is 2. The molecule has 0 saturated heterocycles. The van der Waals surface area contributed by atoms with E-state index < -0.39 is 16.6 Å². The van der Waals surface area contributed by atoms with Gasteiger partial charge in [0.05, 0.1) is 4.92 Å². The zero-order valence-electron chi connectivity index (χ0n) is 10.6. The van der Waals surface area contributed by atoms with Gasteiger partial charge in [-0.25, -0.2) is 13.8 Å². The van der Waals surface area contributed by atoms with E-state index in [2.05, 4.69) is 4.98 Å². The summed E-state index contributed by atoms with van der Waals surface area (Å²) in [5.74, 6) is -1.71. The van der Waals surface area contributed by atoms with E-state index in [9.17, 15) is 18.9 Å². The zero-order chi connectivity index (χ0) is 14.7. The minimum Gasteiger partial charge on any atom is -0.350 e. The van der Waals surface area contributed by atoms with Crippen molar-refractivity contribution in [2.75, 3.05) is 11.9 Å². The molecule has 1 heterocycles. The Labute approximate surface area is 113 Å². The average molecular weight is 279 g/mol. The molecule has 1 aromatic carbocycles. The molecule has 0 aliphatic rings. The lowest BCUT2D eigenvalue weighted by Crippen LogP contribution is -2.19. The number of anilines is 1. The van der Waals surface area contributed by atoms with Crippen LogP contribution in [0.15, 0.2) is 36.5 Å². The topological polar surface area (TPSA) is 59.3 Å². The molecule has 2 aromatic rings. The molecule has 0 fully saturated rings. The van der Waals surface area contributed by atoms with Crippen molar-refractivity contribution < 1.29 is 13.7 Å². The molecule has 104 valence electrons. The van der Waals surface area contributed by atoms with E-state index in [1.807, 2.05) is 0 Å². The van der Waals surface area contributed by atoms with Crippen molar-refractivity contribution in [3.63, 3.8) is 0 Å². The van der Waals surface area contributed by atoms with E-state index in [-0.39, 0.29) is 18.1 Å². The van der Waals surface area contributed by atoms with Gasteiger partial charge in [0.2, 0.25) is 5.82 Å². The summed E-state index contributed by atoms with van der Waals surface area (Å²) in [5.41, 5.74) is 0.351. The van der Waals surface area contributed by atoms with Gasteiger partial charge in [-0.1, -0.05) is 6.07 Å². The number of aromatic nitrogens is 1. The quantitative estimate of drug-likeness (QED) is 0.637. The minimum atomic E-state index is -0.952.